The van der Waals surface area contributed by atoms with E-state index in [-0.39, 0.29) is 36.4 Å². The minimum atomic E-state index is -4.54. The highest BCUT2D eigenvalue weighted by Gasteiger charge is 2.31. The van der Waals surface area contributed by atoms with Crippen LogP contribution in [0.15, 0.2) is 36.4 Å². The molecule has 0 aliphatic rings. The third kappa shape index (κ3) is 5.19. The van der Waals surface area contributed by atoms with E-state index in [1.54, 1.807) is 6.07 Å². The van der Waals surface area contributed by atoms with Gasteiger partial charge < -0.3 is 15.8 Å². The van der Waals surface area contributed by atoms with Crippen LogP contribution in [0.2, 0.25) is 0 Å². The summed E-state index contributed by atoms with van der Waals surface area (Å²) in [7, 11) is 1.34. The molecule has 2 aromatic rings. The molecule has 0 saturated carbocycles. The summed E-state index contributed by atoms with van der Waals surface area (Å²) in [6, 6.07) is 7.50. The molecule has 2 rings (SSSR count). The van der Waals surface area contributed by atoms with Crippen LogP contribution in [0.1, 0.15) is 23.1 Å². The topological polar surface area (TPSA) is 64.3 Å². The second-order valence-electron chi connectivity index (χ2n) is 5.64. The van der Waals surface area contributed by atoms with E-state index in [4.69, 9.17) is 10.5 Å². The van der Waals surface area contributed by atoms with Crippen LogP contribution in [-0.2, 0) is 23.9 Å². The molecule has 1 amide bonds. The summed E-state index contributed by atoms with van der Waals surface area (Å²) in [6.07, 6.45) is -4.32. The van der Waals surface area contributed by atoms with Crippen LogP contribution in [0.25, 0.3) is 0 Å². The maximum Gasteiger partial charge on any atom is 0.416 e. The van der Waals surface area contributed by atoms with Gasteiger partial charge in [0.25, 0.3) is 0 Å². The highest BCUT2D eigenvalue weighted by molar-refractivity contribution is 5.91. The van der Waals surface area contributed by atoms with Crippen molar-refractivity contribution in [3.8, 4) is 5.75 Å². The number of aryl methyl sites for hydroxylation is 1. The maximum atomic E-state index is 13.6. The molecule has 0 heterocycles. The van der Waals surface area contributed by atoms with Crippen LogP contribution in [-0.4, -0.2) is 13.0 Å². The Labute approximate surface area is 148 Å². The quantitative estimate of drug-likeness (QED) is 0.759. The summed E-state index contributed by atoms with van der Waals surface area (Å²) in [4.78, 5) is 12.0. The lowest BCUT2D eigenvalue weighted by Crippen LogP contribution is -2.14. The molecule has 0 saturated heterocycles. The molecule has 0 fully saturated rings. The van der Waals surface area contributed by atoms with Crippen molar-refractivity contribution in [2.24, 2.45) is 5.73 Å². The summed E-state index contributed by atoms with van der Waals surface area (Å²) < 4.78 is 57.1. The highest BCUT2D eigenvalue weighted by Crippen LogP contribution is 2.32. The molecule has 0 aromatic heterocycles. The number of nitrogens with one attached hydrogen (secondary N) is 1. The lowest BCUT2D eigenvalue weighted by atomic mass is 10.1. The molecule has 26 heavy (non-hydrogen) atoms. The average Bonchev–Trinajstić information content (AvgIpc) is 2.59. The zero-order valence-corrected chi connectivity index (χ0v) is 14.0. The molecular formula is C18H18F4N2O2. The van der Waals surface area contributed by atoms with E-state index in [0.717, 1.165) is 12.1 Å². The van der Waals surface area contributed by atoms with Crippen LogP contribution < -0.4 is 15.8 Å². The smallest absolute Gasteiger partial charge is 0.416 e. The molecule has 0 bridgehead atoms. The van der Waals surface area contributed by atoms with Crippen molar-refractivity contribution in [3.63, 3.8) is 0 Å². The molecule has 0 spiro atoms. The monoisotopic (exact) mass is 370 g/mol. The van der Waals surface area contributed by atoms with Crippen molar-refractivity contribution in [3.05, 3.63) is 58.9 Å². The number of methoxy groups -OCH3 is 1. The van der Waals surface area contributed by atoms with E-state index in [1.807, 2.05) is 0 Å². The number of hydrogen-bond acceptors (Lipinski definition) is 3. The van der Waals surface area contributed by atoms with Crippen LogP contribution in [0, 0.1) is 5.82 Å². The number of benzene rings is 2. The normalized spacial score (nSPS) is 11.3. The highest BCUT2D eigenvalue weighted by atomic mass is 19.4. The van der Waals surface area contributed by atoms with E-state index in [2.05, 4.69) is 5.32 Å². The van der Waals surface area contributed by atoms with E-state index < -0.39 is 23.5 Å². The van der Waals surface area contributed by atoms with Crippen molar-refractivity contribution in [1.82, 2.24) is 0 Å². The van der Waals surface area contributed by atoms with Gasteiger partial charge in [0.2, 0.25) is 5.91 Å². The van der Waals surface area contributed by atoms with E-state index in [1.165, 1.54) is 25.3 Å². The number of hydrogen-bond donors (Lipinski definition) is 2. The van der Waals surface area contributed by atoms with Gasteiger partial charge in [0.1, 0.15) is 0 Å². The van der Waals surface area contributed by atoms with E-state index in [0.29, 0.717) is 5.56 Å². The lowest BCUT2D eigenvalue weighted by molar-refractivity contribution is -0.137. The summed E-state index contributed by atoms with van der Waals surface area (Å²) >= 11 is 0. The Bertz CT molecular complexity index is 791. The molecule has 3 N–H and O–H groups in total. The van der Waals surface area contributed by atoms with Gasteiger partial charge in [0.15, 0.2) is 11.6 Å². The van der Waals surface area contributed by atoms with Gasteiger partial charge in [0.05, 0.1) is 12.7 Å². The fourth-order valence-corrected chi connectivity index (χ4v) is 2.39. The van der Waals surface area contributed by atoms with Gasteiger partial charge in [-0.2, -0.15) is 13.2 Å². The van der Waals surface area contributed by atoms with Gasteiger partial charge in [-0.1, -0.05) is 6.07 Å². The third-order valence-electron chi connectivity index (χ3n) is 3.70. The average molecular weight is 370 g/mol. The minimum Gasteiger partial charge on any atom is -0.494 e. The summed E-state index contributed by atoms with van der Waals surface area (Å²) in [5, 5.41) is 2.42. The Balaban J connectivity index is 2.04. The van der Waals surface area contributed by atoms with Gasteiger partial charge >= 0.3 is 6.18 Å². The number of rotatable bonds is 6. The molecule has 0 radical (unpaired) electrons. The number of carbonyl (C=O) groups excluding carboxylic acids is 1. The zero-order chi connectivity index (χ0) is 19.3. The largest absolute Gasteiger partial charge is 0.494 e. The molecule has 0 aliphatic carbocycles. The molecule has 4 nitrogen and oxygen atoms in total. The molecule has 0 unspecified atom stereocenters. The Morgan fingerprint density at radius 2 is 1.88 bits per heavy atom. The predicted octanol–water partition coefficient (Wildman–Crippen LogP) is 3.88. The van der Waals surface area contributed by atoms with Gasteiger partial charge in [0, 0.05) is 18.7 Å². The Hall–Kier alpha value is -2.61. The first kappa shape index (κ1) is 19.7. The van der Waals surface area contributed by atoms with Gasteiger partial charge in [-0.25, -0.2) is 4.39 Å². The van der Waals surface area contributed by atoms with Crippen molar-refractivity contribution >= 4 is 11.6 Å². The number of ether oxygens (including phenoxy) is 1. The van der Waals surface area contributed by atoms with Gasteiger partial charge in [-0.15, -0.1) is 0 Å². The van der Waals surface area contributed by atoms with Crippen molar-refractivity contribution in [1.29, 1.82) is 0 Å². The van der Waals surface area contributed by atoms with Crippen molar-refractivity contribution in [2.45, 2.75) is 25.6 Å². The summed E-state index contributed by atoms with van der Waals surface area (Å²) in [6.45, 7) is -0.0854. The standard InChI is InChI=1S/C18H18F4N2O2/c1-26-16-4-2-11(8-15(16)19)3-5-17(25)24-14-7-12(10-23)6-13(9-14)18(20,21)22/h2,4,6-9H,3,5,10,23H2,1H3,(H,24,25). The van der Waals surface area contributed by atoms with Crippen LogP contribution >= 0.6 is 0 Å². The maximum absolute atomic E-state index is 13.6. The summed E-state index contributed by atoms with van der Waals surface area (Å²) in [5.41, 5.74) is 5.38. The molecule has 8 heteroatoms. The summed E-state index contributed by atoms with van der Waals surface area (Å²) in [5.74, 6) is -0.934. The fourth-order valence-electron chi connectivity index (χ4n) is 2.39. The Morgan fingerprint density at radius 3 is 2.46 bits per heavy atom. The predicted molar refractivity (Wildman–Crippen MR) is 89.2 cm³/mol. The third-order valence-corrected chi connectivity index (χ3v) is 3.70. The number of alkyl halides is 3. The SMILES string of the molecule is COc1ccc(CCC(=O)Nc2cc(CN)cc(C(F)(F)F)c2)cc1F. The van der Waals surface area contributed by atoms with E-state index >= 15 is 0 Å². The number of nitrogens with two attached hydrogens (primary N) is 1. The fraction of sp³-hybridized carbons (Fsp3) is 0.278. The number of carbonyl (C=O) groups is 1. The van der Waals surface area contributed by atoms with Crippen LogP contribution in [0.4, 0.5) is 23.2 Å². The first-order valence-corrected chi connectivity index (χ1v) is 7.76. The molecule has 0 atom stereocenters. The Kier molecular flexibility index (Phi) is 6.20. The lowest BCUT2D eigenvalue weighted by Gasteiger charge is -2.12. The van der Waals surface area contributed by atoms with Crippen LogP contribution in [0.3, 0.4) is 0 Å². The van der Waals surface area contributed by atoms with E-state index in [9.17, 15) is 22.4 Å². The second kappa shape index (κ2) is 8.18. The van der Waals surface area contributed by atoms with Gasteiger partial charge in [-0.3, -0.25) is 4.79 Å². The Morgan fingerprint density at radius 1 is 1.15 bits per heavy atom. The number of anilines is 1. The molecular weight excluding hydrogens is 352 g/mol. The first-order chi connectivity index (χ1) is 12.2. The van der Waals surface area contributed by atoms with Crippen LogP contribution in [0.5, 0.6) is 5.75 Å². The molecule has 140 valence electrons. The second-order valence-corrected chi connectivity index (χ2v) is 5.64. The number of halogens is 4. The van der Waals surface area contributed by atoms with Crippen molar-refractivity contribution in [2.75, 3.05) is 12.4 Å². The molecule has 0 aliphatic heterocycles. The van der Waals surface area contributed by atoms with Gasteiger partial charge in [-0.05, 0) is 47.9 Å². The minimum absolute atomic E-state index is 0.0139. The molecule has 2 aromatic carbocycles. The number of amides is 1. The zero-order valence-electron chi connectivity index (χ0n) is 14.0. The van der Waals surface area contributed by atoms with Crippen molar-refractivity contribution < 1.29 is 27.1 Å². The first-order valence-electron chi connectivity index (χ1n) is 7.76.